The van der Waals surface area contributed by atoms with Crippen LogP contribution < -0.4 is 10.1 Å². The minimum absolute atomic E-state index is 0.0519. The summed E-state index contributed by atoms with van der Waals surface area (Å²) in [5, 5.41) is 4.11. The second kappa shape index (κ2) is 7.34. The molecule has 2 heterocycles. The Morgan fingerprint density at radius 2 is 2.00 bits per heavy atom. The molecule has 0 saturated heterocycles. The lowest BCUT2D eigenvalue weighted by Crippen LogP contribution is -2.05. The number of H-pyrrole nitrogens is 1. The summed E-state index contributed by atoms with van der Waals surface area (Å²) in [5.74, 6) is 0.611. The van der Waals surface area contributed by atoms with Crippen molar-refractivity contribution in [2.24, 2.45) is 0 Å². The van der Waals surface area contributed by atoms with Crippen LogP contribution in [0.25, 0.3) is 33.3 Å². The Bertz CT molecular complexity index is 1260. The highest BCUT2D eigenvalue weighted by atomic mass is 16.5. The van der Waals surface area contributed by atoms with E-state index in [9.17, 15) is 4.79 Å². The largest absolute Gasteiger partial charge is 0.478 e. The third-order valence-electron chi connectivity index (χ3n) is 5.49. The highest BCUT2D eigenvalue weighted by Gasteiger charge is 2.23. The van der Waals surface area contributed by atoms with E-state index in [1.54, 1.807) is 0 Å². The molecule has 2 N–H and O–H groups in total. The second-order valence-corrected chi connectivity index (χ2v) is 7.70. The van der Waals surface area contributed by atoms with Crippen LogP contribution in [0.15, 0.2) is 54.7 Å². The number of hydrogen-bond acceptors (Lipinski definition) is 3. The van der Waals surface area contributed by atoms with Crippen LogP contribution in [0.5, 0.6) is 5.88 Å². The van der Waals surface area contributed by atoms with Crippen LogP contribution in [0.1, 0.15) is 31.4 Å². The lowest BCUT2D eigenvalue weighted by molar-refractivity contribution is -0.114. The van der Waals surface area contributed by atoms with Crippen LogP contribution in [-0.4, -0.2) is 22.5 Å². The topological polar surface area (TPSA) is 67.0 Å². The predicted molar refractivity (Wildman–Crippen MR) is 120 cm³/mol. The van der Waals surface area contributed by atoms with E-state index in [1.807, 2.05) is 18.3 Å². The third-order valence-corrected chi connectivity index (χ3v) is 5.49. The lowest BCUT2D eigenvalue weighted by atomic mass is 10.0. The molecule has 0 unspecified atom stereocenters. The van der Waals surface area contributed by atoms with Crippen molar-refractivity contribution in [1.82, 2.24) is 9.97 Å². The molecule has 5 heteroatoms. The molecule has 0 spiro atoms. The van der Waals surface area contributed by atoms with Gasteiger partial charge in [0.05, 0.1) is 12.3 Å². The van der Waals surface area contributed by atoms with Crippen molar-refractivity contribution in [2.75, 3.05) is 11.9 Å². The Morgan fingerprint density at radius 3 is 2.77 bits per heavy atom. The summed E-state index contributed by atoms with van der Waals surface area (Å²) in [6.07, 6.45) is 3.69. The summed E-state index contributed by atoms with van der Waals surface area (Å²) in [6.45, 7) is 4.29. The summed E-state index contributed by atoms with van der Waals surface area (Å²) in [7, 11) is 0. The van der Waals surface area contributed by atoms with Gasteiger partial charge in [-0.3, -0.25) is 4.79 Å². The molecule has 5 nitrogen and oxygen atoms in total. The van der Waals surface area contributed by atoms with Gasteiger partial charge in [0, 0.05) is 53.3 Å². The van der Waals surface area contributed by atoms with Crippen molar-refractivity contribution in [3.63, 3.8) is 0 Å². The Balaban J connectivity index is 1.46. The molecule has 150 valence electrons. The van der Waals surface area contributed by atoms with Crippen LogP contribution in [0.4, 0.5) is 5.69 Å². The van der Waals surface area contributed by atoms with Gasteiger partial charge in [0.15, 0.2) is 0 Å². The highest BCUT2D eigenvalue weighted by Crippen LogP contribution is 2.42. The van der Waals surface area contributed by atoms with Crippen molar-refractivity contribution in [2.45, 2.75) is 26.7 Å². The molecular weight excluding hydrogens is 374 g/mol. The number of carbonyl (C=O) groups excluding carboxylic acids is 1. The van der Waals surface area contributed by atoms with E-state index in [2.05, 4.69) is 58.6 Å². The molecule has 0 atom stereocenters. The van der Waals surface area contributed by atoms with Crippen molar-refractivity contribution in [3.8, 4) is 28.3 Å². The van der Waals surface area contributed by atoms with Crippen molar-refractivity contribution in [1.29, 1.82) is 0 Å². The summed E-state index contributed by atoms with van der Waals surface area (Å²) in [6, 6.07) is 16.6. The standard InChI is InChI=1S/C25H23N3O2/c1-3-10-30-24-9-5-17(14-26-24)16-4-7-21-22-12-18-11-19(27-15(2)29)6-8-20(18)25(22)28-23(21)13-16/h4-9,11,13-14,28H,3,10,12H2,1-2H3,(H,27,29). The quantitative estimate of drug-likeness (QED) is 0.409. The smallest absolute Gasteiger partial charge is 0.221 e. The zero-order valence-electron chi connectivity index (χ0n) is 17.1. The number of rotatable bonds is 5. The number of carbonyl (C=O) groups is 1. The van der Waals surface area contributed by atoms with Crippen molar-refractivity contribution in [3.05, 3.63) is 65.9 Å². The molecule has 0 bridgehead atoms. The lowest BCUT2D eigenvalue weighted by Gasteiger charge is -2.07. The number of hydrogen-bond donors (Lipinski definition) is 2. The maximum Gasteiger partial charge on any atom is 0.221 e. The van der Waals surface area contributed by atoms with Crippen LogP contribution >= 0.6 is 0 Å². The molecule has 1 aliphatic carbocycles. The van der Waals surface area contributed by atoms with E-state index in [4.69, 9.17) is 4.74 Å². The molecule has 1 amide bonds. The first kappa shape index (κ1) is 18.4. The molecule has 4 aromatic rings. The second-order valence-electron chi connectivity index (χ2n) is 7.70. The van der Waals surface area contributed by atoms with E-state index in [-0.39, 0.29) is 5.91 Å². The first-order valence-corrected chi connectivity index (χ1v) is 10.3. The highest BCUT2D eigenvalue weighted by molar-refractivity contribution is 5.97. The zero-order valence-corrected chi connectivity index (χ0v) is 17.1. The van der Waals surface area contributed by atoms with Gasteiger partial charge in [-0.1, -0.05) is 25.1 Å². The van der Waals surface area contributed by atoms with Gasteiger partial charge < -0.3 is 15.0 Å². The first-order chi connectivity index (χ1) is 14.6. The summed E-state index contributed by atoms with van der Waals surface area (Å²) in [4.78, 5) is 19.4. The normalized spacial score (nSPS) is 11.9. The first-order valence-electron chi connectivity index (χ1n) is 10.3. The molecule has 0 aliphatic heterocycles. The number of aromatic nitrogens is 2. The fourth-order valence-corrected chi connectivity index (χ4v) is 4.15. The maximum absolute atomic E-state index is 11.3. The van der Waals surface area contributed by atoms with E-state index in [1.165, 1.54) is 34.7 Å². The Labute approximate surface area is 175 Å². The molecule has 1 aliphatic rings. The SMILES string of the molecule is CCCOc1ccc(-c2ccc3c4c([nH]c3c2)-c2ccc(NC(C)=O)cc2C4)cn1. The fraction of sp³-hybridized carbons (Fsp3) is 0.200. The number of nitrogens with one attached hydrogen (secondary N) is 2. The number of fused-ring (bicyclic) bond motifs is 5. The van der Waals surface area contributed by atoms with Crippen molar-refractivity contribution < 1.29 is 9.53 Å². The number of ether oxygens (including phenoxy) is 1. The predicted octanol–water partition coefficient (Wildman–Crippen LogP) is 5.55. The van der Waals surface area contributed by atoms with Gasteiger partial charge in [0.2, 0.25) is 11.8 Å². The monoisotopic (exact) mass is 397 g/mol. The number of anilines is 1. The van der Waals surface area contributed by atoms with Crippen LogP contribution in [0, 0.1) is 0 Å². The molecule has 2 aromatic heterocycles. The van der Waals surface area contributed by atoms with Crippen LogP contribution in [0.3, 0.4) is 0 Å². The molecule has 5 rings (SSSR count). The van der Waals surface area contributed by atoms with Gasteiger partial charge in [-0.15, -0.1) is 0 Å². The molecule has 0 fully saturated rings. The van der Waals surface area contributed by atoms with E-state index < -0.39 is 0 Å². The van der Waals surface area contributed by atoms with Gasteiger partial charge in [0.25, 0.3) is 0 Å². The van der Waals surface area contributed by atoms with E-state index in [0.29, 0.717) is 12.5 Å². The summed E-state index contributed by atoms with van der Waals surface area (Å²) in [5.41, 5.74) is 9.09. The summed E-state index contributed by atoms with van der Waals surface area (Å²) >= 11 is 0. The van der Waals surface area contributed by atoms with E-state index in [0.717, 1.165) is 35.2 Å². The minimum atomic E-state index is -0.0519. The maximum atomic E-state index is 11.3. The molecule has 30 heavy (non-hydrogen) atoms. The van der Waals surface area contributed by atoms with Gasteiger partial charge in [-0.05, 0) is 47.4 Å². The van der Waals surface area contributed by atoms with Gasteiger partial charge >= 0.3 is 0 Å². The average molecular weight is 397 g/mol. The van der Waals surface area contributed by atoms with Gasteiger partial charge in [-0.25, -0.2) is 4.98 Å². The number of pyridine rings is 1. The Hall–Kier alpha value is -3.60. The molecular formula is C25H23N3O2. The molecule has 0 radical (unpaired) electrons. The Morgan fingerprint density at radius 1 is 1.13 bits per heavy atom. The third kappa shape index (κ3) is 3.22. The Kier molecular flexibility index (Phi) is 4.51. The summed E-state index contributed by atoms with van der Waals surface area (Å²) < 4.78 is 5.58. The van der Waals surface area contributed by atoms with Crippen LogP contribution in [0.2, 0.25) is 0 Å². The minimum Gasteiger partial charge on any atom is -0.478 e. The number of aromatic amines is 1. The van der Waals surface area contributed by atoms with Crippen molar-refractivity contribution >= 4 is 22.5 Å². The number of benzene rings is 2. The van der Waals surface area contributed by atoms with E-state index >= 15 is 0 Å². The average Bonchev–Trinajstić information content (AvgIpc) is 3.27. The van der Waals surface area contributed by atoms with Crippen LogP contribution in [-0.2, 0) is 11.2 Å². The van der Waals surface area contributed by atoms with Gasteiger partial charge in [-0.2, -0.15) is 0 Å². The fourth-order valence-electron chi connectivity index (χ4n) is 4.15. The zero-order chi connectivity index (χ0) is 20.7. The molecule has 2 aromatic carbocycles. The molecule has 0 saturated carbocycles. The number of nitrogens with zero attached hydrogens (tertiary/aromatic N) is 1. The van der Waals surface area contributed by atoms with Gasteiger partial charge in [0.1, 0.15) is 0 Å². The number of amides is 1.